The van der Waals surface area contributed by atoms with E-state index in [0.717, 1.165) is 25.3 Å². The van der Waals surface area contributed by atoms with Gasteiger partial charge in [0.2, 0.25) is 5.91 Å². The number of rotatable bonds is 1. The molecule has 7 aliphatic heterocycles. The van der Waals surface area contributed by atoms with E-state index in [0.29, 0.717) is 43.0 Å². The predicted molar refractivity (Wildman–Crippen MR) is 178 cm³/mol. The van der Waals surface area contributed by atoms with Crippen LogP contribution in [0.5, 0.6) is 0 Å². The maximum absolute atomic E-state index is 13.2. The van der Waals surface area contributed by atoms with E-state index < -0.39 is 0 Å². The van der Waals surface area contributed by atoms with E-state index in [-0.39, 0.29) is 17.4 Å². The summed E-state index contributed by atoms with van der Waals surface area (Å²) in [5.74, 6) is 2.40. The average molecular weight is 635 g/mol. The van der Waals surface area contributed by atoms with Gasteiger partial charge < -0.3 is 9.64 Å². The number of carbonyl (C=O) groups excluding carboxylic acids is 1. The van der Waals surface area contributed by atoms with Crippen molar-refractivity contribution in [2.75, 3.05) is 38.2 Å². The lowest BCUT2D eigenvalue weighted by atomic mass is 9.53. The molecule has 246 valence electrons. The van der Waals surface area contributed by atoms with Crippen LogP contribution in [0.3, 0.4) is 0 Å². The molecule has 5 fully saturated rings. The van der Waals surface area contributed by atoms with Gasteiger partial charge in [0.1, 0.15) is 0 Å². The van der Waals surface area contributed by atoms with Gasteiger partial charge in [-0.3, -0.25) is 19.6 Å². The van der Waals surface area contributed by atoms with Crippen molar-refractivity contribution in [3.8, 4) is 0 Å². The summed E-state index contributed by atoms with van der Waals surface area (Å²) in [4.78, 5) is 24.6. The quantitative estimate of drug-likeness (QED) is 0.365. The summed E-state index contributed by atoms with van der Waals surface area (Å²) in [5.41, 5.74) is 5.71. The first-order chi connectivity index (χ1) is 23.1. The van der Waals surface area contributed by atoms with Crippen molar-refractivity contribution in [1.82, 2.24) is 35.0 Å². The smallest absolute Gasteiger partial charge is 0.229 e. The third-order valence-electron chi connectivity index (χ3n) is 12.7. The van der Waals surface area contributed by atoms with Crippen LogP contribution >= 0.6 is 0 Å². The minimum absolute atomic E-state index is 0.104. The number of amides is 1. The van der Waals surface area contributed by atoms with Gasteiger partial charge in [0.15, 0.2) is 5.82 Å². The highest BCUT2D eigenvalue weighted by molar-refractivity contribution is 5.99. The molecule has 2 bridgehead atoms. The molecule has 10 nitrogen and oxygen atoms in total. The number of ether oxygens (including phenoxy) is 1. The zero-order valence-electron chi connectivity index (χ0n) is 27.5. The standard InChI is InChI=1S/C21H22N2O2.C10H14N2.C6H10N4/c24-18-10-16-19-13-9-17-21(6-7-22(17)11-12(13)5-8-25-16)14-3-1-2-4-15(14)23(18)20(19)21;1-12-7-3-5-10(12)9-4-2-6-11-8-9;1-2-4-6-7-8-9-10(6)5-3-1/h1-5,13,16-17,19-20H,6-11H2;2,4,6,8,10H,3,5,7H2,1H3;1-5H2/t13-,16-,17-,19-,20-,21+;10-;/m00./s1. The Hall–Kier alpha value is -3.47. The second kappa shape index (κ2) is 11.9. The molecule has 1 saturated carbocycles. The van der Waals surface area contributed by atoms with E-state index >= 15 is 0 Å². The van der Waals surface area contributed by atoms with Crippen molar-refractivity contribution in [3.63, 3.8) is 0 Å². The molecule has 10 heteroatoms. The number of likely N-dealkylation sites (tertiary alicyclic amines) is 1. The molecule has 1 aromatic carbocycles. The van der Waals surface area contributed by atoms with Crippen LogP contribution < -0.4 is 4.90 Å². The summed E-state index contributed by atoms with van der Waals surface area (Å²) >= 11 is 0. The number of nitrogens with zero attached hydrogens (tertiary/aromatic N) is 8. The molecule has 3 aromatic rings. The summed E-state index contributed by atoms with van der Waals surface area (Å²) in [6.07, 6.45) is 16.6. The fraction of sp³-hybridized carbons (Fsp3) is 0.595. The number of hydrogen-bond acceptors (Lipinski definition) is 8. The van der Waals surface area contributed by atoms with E-state index in [1.165, 1.54) is 74.8 Å². The molecular formula is C37H46N8O2. The third kappa shape index (κ3) is 4.73. The summed E-state index contributed by atoms with van der Waals surface area (Å²) in [6, 6.07) is 14.4. The molecule has 4 saturated heterocycles. The van der Waals surface area contributed by atoms with E-state index in [1.807, 2.05) is 23.1 Å². The van der Waals surface area contributed by atoms with Crippen LogP contribution in [0.15, 0.2) is 60.4 Å². The number of piperidine rings is 2. The van der Waals surface area contributed by atoms with Crippen LogP contribution in [-0.4, -0.2) is 92.4 Å². The molecule has 2 aromatic heterocycles. The van der Waals surface area contributed by atoms with E-state index in [2.05, 4.69) is 78.7 Å². The Morgan fingerprint density at radius 3 is 2.83 bits per heavy atom. The molecule has 9 heterocycles. The molecule has 7 atom stereocenters. The van der Waals surface area contributed by atoms with Crippen LogP contribution in [-0.2, 0) is 27.9 Å². The van der Waals surface area contributed by atoms with Crippen LogP contribution in [0.4, 0.5) is 5.69 Å². The number of carbonyl (C=O) groups is 1. The molecule has 8 aliphatic rings. The Bertz CT molecular complexity index is 1640. The summed E-state index contributed by atoms with van der Waals surface area (Å²) < 4.78 is 8.16. The van der Waals surface area contributed by atoms with Gasteiger partial charge in [-0.25, -0.2) is 4.68 Å². The van der Waals surface area contributed by atoms with Gasteiger partial charge in [0, 0.05) is 61.0 Å². The molecule has 0 unspecified atom stereocenters. The number of anilines is 1. The molecule has 0 radical (unpaired) electrons. The van der Waals surface area contributed by atoms with E-state index in [1.54, 1.807) is 5.57 Å². The second-order valence-corrected chi connectivity index (χ2v) is 14.8. The number of hydrogen-bond donors (Lipinski definition) is 0. The number of aryl methyl sites for hydroxylation is 2. The van der Waals surface area contributed by atoms with Crippen molar-refractivity contribution >= 4 is 11.6 Å². The van der Waals surface area contributed by atoms with E-state index in [9.17, 15) is 4.79 Å². The highest BCUT2D eigenvalue weighted by Gasteiger charge is 2.70. The van der Waals surface area contributed by atoms with Crippen LogP contribution in [0.25, 0.3) is 0 Å². The lowest BCUT2D eigenvalue weighted by Crippen LogP contribution is -2.69. The maximum Gasteiger partial charge on any atom is 0.229 e. The van der Waals surface area contributed by atoms with Crippen molar-refractivity contribution in [1.29, 1.82) is 0 Å². The first-order valence-corrected chi connectivity index (χ1v) is 17.9. The molecular weight excluding hydrogens is 588 g/mol. The average Bonchev–Trinajstić information content (AvgIpc) is 3.84. The monoisotopic (exact) mass is 634 g/mol. The molecule has 1 amide bonds. The number of aromatic nitrogens is 5. The molecule has 1 aliphatic carbocycles. The summed E-state index contributed by atoms with van der Waals surface area (Å²) in [6.45, 7) is 5.19. The largest absolute Gasteiger partial charge is 0.373 e. The van der Waals surface area contributed by atoms with Gasteiger partial charge in [-0.1, -0.05) is 42.3 Å². The highest BCUT2D eigenvalue weighted by atomic mass is 16.5. The Kier molecular flexibility index (Phi) is 7.50. The van der Waals surface area contributed by atoms with Crippen LogP contribution in [0.2, 0.25) is 0 Å². The molecule has 47 heavy (non-hydrogen) atoms. The topological polar surface area (TPSA) is 92.5 Å². The lowest BCUT2D eigenvalue weighted by Gasteiger charge is -2.58. The number of tetrazole rings is 1. The predicted octanol–water partition coefficient (Wildman–Crippen LogP) is 4.34. The van der Waals surface area contributed by atoms with Gasteiger partial charge in [-0.05, 0) is 98.3 Å². The van der Waals surface area contributed by atoms with Crippen LogP contribution in [0, 0.1) is 11.8 Å². The Morgan fingerprint density at radius 2 is 1.96 bits per heavy atom. The molecule has 11 rings (SSSR count). The number of pyridine rings is 1. The highest BCUT2D eigenvalue weighted by Crippen LogP contribution is 2.65. The number of para-hydroxylation sites is 1. The zero-order chi connectivity index (χ0) is 31.5. The summed E-state index contributed by atoms with van der Waals surface area (Å²) in [5, 5.41) is 11.4. The molecule has 1 spiro atoms. The van der Waals surface area contributed by atoms with E-state index in [4.69, 9.17) is 4.74 Å². The van der Waals surface area contributed by atoms with Crippen LogP contribution in [0.1, 0.15) is 74.4 Å². The normalized spacial score (nSPS) is 34.5. The van der Waals surface area contributed by atoms with Crippen molar-refractivity contribution in [2.45, 2.75) is 94.0 Å². The van der Waals surface area contributed by atoms with Crippen molar-refractivity contribution < 1.29 is 9.53 Å². The van der Waals surface area contributed by atoms with Gasteiger partial charge in [-0.2, -0.15) is 0 Å². The minimum Gasteiger partial charge on any atom is -0.373 e. The number of fused-ring (bicyclic) bond motifs is 3. The third-order valence-corrected chi connectivity index (χ3v) is 12.7. The fourth-order valence-corrected chi connectivity index (χ4v) is 10.7. The zero-order valence-corrected chi connectivity index (χ0v) is 27.5. The first-order valence-electron chi connectivity index (χ1n) is 17.9. The maximum atomic E-state index is 13.2. The van der Waals surface area contributed by atoms with Gasteiger partial charge in [0.25, 0.3) is 0 Å². The Labute approximate surface area is 277 Å². The summed E-state index contributed by atoms with van der Waals surface area (Å²) in [7, 11) is 2.19. The first kappa shape index (κ1) is 29.7. The van der Waals surface area contributed by atoms with Gasteiger partial charge in [-0.15, -0.1) is 5.10 Å². The minimum atomic E-state index is 0.104. The van der Waals surface area contributed by atoms with Crippen molar-refractivity contribution in [2.24, 2.45) is 11.8 Å². The fourth-order valence-electron chi connectivity index (χ4n) is 10.7. The second-order valence-electron chi connectivity index (χ2n) is 14.8. The Balaban J connectivity index is 0.000000114. The SMILES string of the molecule is C1CCc2nnnn2CC1.CN1CCC[C@H]1c1cccnc1.O=C1C[C@@H]2OCC=C3CN4CC[C@]56c7ccccc7N1[C@H]5[C@H]2[C@H]3C[C@H]46. The lowest BCUT2D eigenvalue weighted by molar-refractivity contribution is -0.132. The number of benzene rings is 1. The Morgan fingerprint density at radius 1 is 1.02 bits per heavy atom. The van der Waals surface area contributed by atoms with Gasteiger partial charge >= 0.3 is 0 Å². The van der Waals surface area contributed by atoms with Gasteiger partial charge in [0.05, 0.1) is 25.2 Å². The van der Waals surface area contributed by atoms with Crippen molar-refractivity contribution in [3.05, 3.63) is 77.4 Å². The molecule has 0 N–H and O–H groups in total.